The van der Waals surface area contributed by atoms with E-state index < -0.39 is 0 Å². The summed E-state index contributed by atoms with van der Waals surface area (Å²) in [4.78, 5) is 6.25. The first-order valence-electron chi connectivity index (χ1n) is 5.85. The SMILES string of the molecule is CC(C)c1noc(N(C)Cc2cccc(Cl)c2)n1. The number of nitrogens with zero attached hydrogens (tertiary/aromatic N) is 3. The van der Waals surface area contributed by atoms with Gasteiger partial charge in [0, 0.05) is 24.5 Å². The van der Waals surface area contributed by atoms with Crippen LogP contribution in [0.2, 0.25) is 5.02 Å². The van der Waals surface area contributed by atoms with Gasteiger partial charge in [0.15, 0.2) is 5.82 Å². The monoisotopic (exact) mass is 265 g/mol. The Balaban J connectivity index is 2.09. The quantitative estimate of drug-likeness (QED) is 0.849. The lowest BCUT2D eigenvalue weighted by atomic mass is 10.2. The lowest BCUT2D eigenvalue weighted by molar-refractivity contribution is 0.407. The molecular weight excluding hydrogens is 250 g/mol. The maximum absolute atomic E-state index is 5.95. The number of hydrogen-bond donors (Lipinski definition) is 0. The summed E-state index contributed by atoms with van der Waals surface area (Å²) in [5, 5.41) is 4.67. The Hall–Kier alpha value is -1.55. The van der Waals surface area contributed by atoms with Crippen LogP contribution in [-0.2, 0) is 6.54 Å². The average molecular weight is 266 g/mol. The second-order valence-corrected chi connectivity index (χ2v) is 5.01. The average Bonchev–Trinajstić information content (AvgIpc) is 2.78. The molecule has 1 aromatic carbocycles. The van der Waals surface area contributed by atoms with E-state index >= 15 is 0 Å². The minimum Gasteiger partial charge on any atom is -0.323 e. The zero-order valence-electron chi connectivity index (χ0n) is 10.7. The Kier molecular flexibility index (Phi) is 3.87. The summed E-state index contributed by atoms with van der Waals surface area (Å²) in [6.45, 7) is 4.75. The molecule has 2 rings (SSSR count). The minimum atomic E-state index is 0.266. The van der Waals surface area contributed by atoms with Crippen LogP contribution in [0, 0.1) is 0 Å². The molecule has 0 unspecified atom stereocenters. The van der Waals surface area contributed by atoms with Crippen LogP contribution in [0.15, 0.2) is 28.8 Å². The maximum Gasteiger partial charge on any atom is 0.324 e. The minimum absolute atomic E-state index is 0.266. The molecule has 2 aromatic rings. The van der Waals surface area contributed by atoms with E-state index in [-0.39, 0.29) is 5.92 Å². The Bertz CT molecular complexity index is 524. The van der Waals surface area contributed by atoms with Crippen molar-refractivity contribution in [3.05, 3.63) is 40.7 Å². The molecule has 0 atom stereocenters. The van der Waals surface area contributed by atoms with Crippen LogP contribution in [0.3, 0.4) is 0 Å². The third-order valence-corrected chi connectivity index (χ3v) is 2.82. The number of aromatic nitrogens is 2. The van der Waals surface area contributed by atoms with Crippen LogP contribution < -0.4 is 4.90 Å². The van der Waals surface area contributed by atoms with Gasteiger partial charge in [-0.3, -0.25) is 0 Å². The summed E-state index contributed by atoms with van der Waals surface area (Å²) in [5.74, 6) is 0.991. The number of rotatable bonds is 4. The van der Waals surface area contributed by atoms with Crippen LogP contribution in [-0.4, -0.2) is 17.2 Å². The first-order chi connectivity index (χ1) is 8.56. The van der Waals surface area contributed by atoms with Gasteiger partial charge < -0.3 is 9.42 Å². The van der Waals surface area contributed by atoms with Crippen LogP contribution in [0.1, 0.15) is 31.2 Å². The highest BCUT2D eigenvalue weighted by atomic mass is 35.5. The lowest BCUT2D eigenvalue weighted by Gasteiger charge is -2.13. The predicted molar refractivity (Wildman–Crippen MR) is 71.9 cm³/mol. The van der Waals surface area contributed by atoms with Gasteiger partial charge in [0.2, 0.25) is 0 Å². The normalized spacial score (nSPS) is 10.9. The molecule has 0 spiro atoms. The molecule has 0 saturated carbocycles. The molecular formula is C13H16ClN3O. The van der Waals surface area contributed by atoms with Crippen LogP contribution >= 0.6 is 11.6 Å². The molecule has 5 heteroatoms. The molecule has 0 amide bonds. The van der Waals surface area contributed by atoms with Gasteiger partial charge in [0.1, 0.15) is 0 Å². The van der Waals surface area contributed by atoms with E-state index in [4.69, 9.17) is 16.1 Å². The van der Waals surface area contributed by atoms with Crippen molar-refractivity contribution in [2.24, 2.45) is 0 Å². The molecule has 0 saturated heterocycles. The number of halogens is 1. The van der Waals surface area contributed by atoms with Gasteiger partial charge in [-0.15, -0.1) is 0 Å². The van der Waals surface area contributed by atoms with Gasteiger partial charge in [-0.1, -0.05) is 42.7 Å². The van der Waals surface area contributed by atoms with Crippen molar-refractivity contribution in [3.8, 4) is 0 Å². The number of hydrogen-bond acceptors (Lipinski definition) is 4. The van der Waals surface area contributed by atoms with Crippen molar-refractivity contribution in [3.63, 3.8) is 0 Å². The Morgan fingerprint density at radius 3 is 2.78 bits per heavy atom. The zero-order valence-corrected chi connectivity index (χ0v) is 11.5. The topological polar surface area (TPSA) is 42.2 Å². The highest BCUT2D eigenvalue weighted by molar-refractivity contribution is 6.30. The molecule has 0 fully saturated rings. The van der Waals surface area contributed by atoms with Crippen molar-refractivity contribution >= 4 is 17.6 Å². The van der Waals surface area contributed by atoms with E-state index in [1.165, 1.54) is 0 Å². The molecule has 4 nitrogen and oxygen atoms in total. The highest BCUT2D eigenvalue weighted by Crippen LogP contribution is 2.18. The van der Waals surface area contributed by atoms with Gasteiger partial charge in [-0.05, 0) is 17.7 Å². The summed E-state index contributed by atoms with van der Waals surface area (Å²) >= 11 is 5.95. The van der Waals surface area contributed by atoms with Crippen molar-refractivity contribution in [1.82, 2.24) is 10.1 Å². The van der Waals surface area contributed by atoms with Gasteiger partial charge in [0.25, 0.3) is 0 Å². The zero-order chi connectivity index (χ0) is 13.1. The molecule has 0 aliphatic heterocycles. The largest absolute Gasteiger partial charge is 0.324 e. The second-order valence-electron chi connectivity index (χ2n) is 4.58. The van der Waals surface area contributed by atoms with Crippen molar-refractivity contribution in [2.75, 3.05) is 11.9 Å². The number of anilines is 1. The van der Waals surface area contributed by atoms with Gasteiger partial charge >= 0.3 is 6.01 Å². The van der Waals surface area contributed by atoms with Crippen molar-refractivity contribution < 1.29 is 4.52 Å². The molecule has 0 aliphatic rings. The predicted octanol–water partition coefficient (Wildman–Crippen LogP) is 3.48. The molecule has 0 radical (unpaired) electrons. The van der Waals surface area contributed by atoms with E-state index in [2.05, 4.69) is 10.1 Å². The Morgan fingerprint density at radius 2 is 2.17 bits per heavy atom. The van der Waals surface area contributed by atoms with E-state index in [1.807, 2.05) is 50.1 Å². The summed E-state index contributed by atoms with van der Waals surface area (Å²) in [6, 6.07) is 8.26. The molecule has 1 aromatic heterocycles. The van der Waals surface area contributed by atoms with E-state index in [0.717, 1.165) is 16.4 Å². The van der Waals surface area contributed by atoms with Crippen LogP contribution in [0.4, 0.5) is 6.01 Å². The second kappa shape index (κ2) is 5.40. The fourth-order valence-electron chi connectivity index (χ4n) is 1.59. The summed E-state index contributed by atoms with van der Waals surface area (Å²) < 4.78 is 5.22. The third-order valence-electron chi connectivity index (χ3n) is 2.58. The van der Waals surface area contributed by atoms with Crippen molar-refractivity contribution in [1.29, 1.82) is 0 Å². The first kappa shape index (κ1) is 12.9. The van der Waals surface area contributed by atoms with Gasteiger partial charge in [-0.25, -0.2) is 0 Å². The molecule has 1 heterocycles. The summed E-state index contributed by atoms with van der Waals surface area (Å²) in [5.41, 5.74) is 1.11. The maximum atomic E-state index is 5.95. The Labute approximate surface area is 112 Å². The fourth-order valence-corrected chi connectivity index (χ4v) is 1.81. The summed E-state index contributed by atoms with van der Waals surface area (Å²) in [6.07, 6.45) is 0. The first-order valence-corrected chi connectivity index (χ1v) is 6.23. The smallest absolute Gasteiger partial charge is 0.323 e. The highest BCUT2D eigenvalue weighted by Gasteiger charge is 2.13. The molecule has 18 heavy (non-hydrogen) atoms. The third kappa shape index (κ3) is 3.01. The van der Waals surface area contributed by atoms with Crippen molar-refractivity contribution in [2.45, 2.75) is 26.3 Å². The van der Waals surface area contributed by atoms with Gasteiger partial charge in [0.05, 0.1) is 0 Å². The van der Waals surface area contributed by atoms with Crippen LogP contribution in [0.5, 0.6) is 0 Å². The standard InChI is InChI=1S/C13H16ClN3O/c1-9(2)12-15-13(18-16-12)17(3)8-10-5-4-6-11(14)7-10/h4-7,9H,8H2,1-3H3. The van der Waals surface area contributed by atoms with E-state index in [9.17, 15) is 0 Å². The summed E-state index contributed by atoms with van der Waals surface area (Å²) in [7, 11) is 1.92. The number of benzene rings is 1. The Morgan fingerprint density at radius 1 is 1.39 bits per heavy atom. The van der Waals surface area contributed by atoms with Crippen LogP contribution in [0.25, 0.3) is 0 Å². The lowest BCUT2D eigenvalue weighted by Crippen LogP contribution is -2.16. The van der Waals surface area contributed by atoms with E-state index in [1.54, 1.807) is 0 Å². The fraction of sp³-hybridized carbons (Fsp3) is 0.385. The van der Waals surface area contributed by atoms with E-state index in [0.29, 0.717) is 12.6 Å². The molecule has 0 aliphatic carbocycles. The molecule has 0 bridgehead atoms. The molecule has 0 N–H and O–H groups in total. The van der Waals surface area contributed by atoms with Gasteiger partial charge in [-0.2, -0.15) is 4.98 Å². The molecule has 96 valence electrons.